The van der Waals surface area contributed by atoms with E-state index >= 15 is 0 Å². The van der Waals surface area contributed by atoms with Crippen LogP contribution in [0.3, 0.4) is 0 Å². The molecule has 0 N–H and O–H groups in total. The van der Waals surface area contributed by atoms with Crippen molar-refractivity contribution in [3.05, 3.63) is 0 Å². The molecule has 0 saturated heterocycles. The average Bonchev–Trinajstić information content (AvgIpc) is 2.47. The molecule has 0 amide bonds. The van der Waals surface area contributed by atoms with Crippen LogP contribution >= 0.6 is 0 Å². The van der Waals surface area contributed by atoms with Gasteiger partial charge in [-0.25, -0.2) is 0 Å². The van der Waals surface area contributed by atoms with Crippen molar-refractivity contribution >= 4 is 17.4 Å². The van der Waals surface area contributed by atoms with Gasteiger partial charge >= 0.3 is 0 Å². The maximum atomic E-state index is 7.20. The van der Waals surface area contributed by atoms with E-state index in [2.05, 4.69) is 27.7 Å². The highest BCUT2D eigenvalue weighted by atomic mass is 28.4. The lowest BCUT2D eigenvalue weighted by Gasteiger charge is -2.63. The van der Waals surface area contributed by atoms with Crippen LogP contribution in [0.2, 0.25) is 29.2 Å². The Balaban J connectivity index is 1.89. The quantitative estimate of drug-likeness (QED) is 0.544. The normalized spacial score (nSPS) is 38.4. The summed E-state index contributed by atoms with van der Waals surface area (Å²) in [6, 6.07) is 5.47. The van der Waals surface area contributed by atoms with Crippen LogP contribution in [-0.4, -0.2) is 17.4 Å². The molecule has 0 atom stereocenters. The third-order valence-electron chi connectivity index (χ3n) is 7.45. The molecule has 21 heavy (non-hydrogen) atoms. The molecule has 0 aromatic rings. The molecule has 4 aliphatic rings. The first-order valence-electron chi connectivity index (χ1n) is 9.78. The Morgan fingerprint density at radius 3 is 1.62 bits per heavy atom. The molecule has 4 fully saturated rings. The molecule has 3 heteroatoms. The van der Waals surface area contributed by atoms with Gasteiger partial charge in [-0.1, -0.05) is 27.7 Å². The molecular formula is C18H36OSi2. The van der Waals surface area contributed by atoms with Crippen molar-refractivity contribution in [3.63, 3.8) is 0 Å². The van der Waals surface area contributed by atoms with Crippen molar-refractivity contribution in [1.29, 1.82) is 0 Å². The molecule has 0 radical (unpaired) electrons. The van der Waals surface area contributed by atoms with Gasteiger partial charge in [0.1, 0.15) is 0 Å². The van der Waals surface area contributed by atoms with E-state index in [4.69, 9.17) is 4.12 Å². The van der Waals surface area contributed by atoms with E-state index in [0.717, 1.165) is 17.8 Å². The molecule has 4 rings (SSSR count). The van der Waals surface area contributed by atoms with E-state index in [-0.39, 0.29) is 0 Å². The monoisotopic (exact) mass is 324 g/mol. The van der Waals surface area contributed by atoms with Crippen LogP contribution in [0.5, 0.6) is 0 Å². The molecule has 4 aliphatic carbocycles. The molecule has 0 heterocycles. The van der Waals surface area contributed by atoms with Crippen LogP contribution in [0, 0.1) is 17.8 Å². The van der Waals surface area contributed by atoms with E-state index in [9.17, 15) is 0 Å². The standard InChI is InChI=1S/C18H36OSi2/c1-5-20(6-2)19-21(7-3,8-4)18-12-15-9-16(13-18)11-17(10-15)14-18/h15-17,20H,5-14H2,1-4H3. The van der Waals surface area contributed by atoms with E-state index in [1.54, 1.807) is 38.5 Å². The van der Waals surface area contributed by atoms with Crippen LogP contribution in [-0.2, 0) is 4.12 Å². The summed E-state index contributed by atoms with van der Waals surface area (Å²) in [6.45, 7) is 9.71. The van der Waals surface area contributed by atoms with Gasteiger partial charge in [0.15, 0.2) is 17.4 Å². The van der Waals surface area contributed by atoms with Crippen molar-refractivity contribution in [2.75, 3.05) is 0 Å². The summed E-state index contributed by atoms with van der Waals surface area (Å²) in [5.74, 6) is 3.23. The minimum atomic E-state index is -1.54. The third-order valence-corrected chi connectivity index (χ3v) is 17.2. The highest BCUT2D eigenvalue weighted by molar-refractivity contribution is 6.82. The Morgan fingerprint density at radius 1 is 0.857 bits per heavy atom. The molecule has 0 unspecified atom stereocenters. The number of hydrogen-bond donors (Lipinski definition) is 0. The highest BCUT2D eigenvalue weighted by Gasteiger charge is 2.61. The fraction of sp³-hybridized carbons (Fsp3) is 1.00. The zero-order valence-corrected chi connectivity index (χ0v) is 16.9. The number of hydrogen-bond acceptors (Lipinski definition) is 1. The van der Waals surface area contributed by atoms with E-state index in [0.29, 0.717) is 5.04 Å². The fourth-order valence-electron chi connectivity index (χ4n) is 6.73. The van der Waals surface area contributed by atoms with Gasteiger partial charge in [-0.2, -0.15) is 0 Å². The molecule has 1 nitrogen and oxygen atoms in total. The largest absolute Gasteiger partial charge is 0.457 e. The van der Waals surface area contributed by atoms with Gasteiger partial charge in [0, 0.05) is 0 Å². The summed E-state index contributed by atoms with van der Waals surface area (Å²) in [5.41, 5.74) is 0. The van der Waals surface area contributed by atoms with Crippen LogP contribution < -0.4 is 0 Å². The molecule has 4 saturated carbocycles. The molecular weight excluding hydrogens is 288 g/mol. The van der Waals surface area contributed by atoms with Crippen molar-refractivity contribution in [3.8, 4) is 0 Å². The summed E-state index contributed by atoms with van der Waals surface area (Å²) in [5, 5.41) is 0.695. The van der Waals surface area contributed by atoms with Crippen molar-refractivity contribution in [2.45, 2.75) is 95.4 Å². The lowest BCUT2D eigenvalue weighted by Crippen LogP contribution is -2.59. The molecule has 0 spiro atoms. The summed E-state index contributed by atoms with van der Waals surface area (Å²) in [6.07, 6.45) is 9.38. The second-order valence-electron chi connectivity index (χ2n) is 8.46. The van der Waals surface area contributed by atoms with E-state index < -0.39 is 17.4 Å². The Kier molecular flexibility index (Phi) is 4.74. The second kappa shape index (κ2) is 6.12. The zero-order valence-electron chi connectivity index (χ0n) is 14.8. The fourth-order valence-corrected chi connectivity index (χ4v) is 17.5. The van der Waals surface area contributed by atoms with Crippen LogP contribution in [0.15, 0.2) is 0 Å². The summed E-state index contributed by atoms with van der Waals surface area (Å²) in [7, 11) is -2.46. The molecule has 0 aromatic carbocycles. The van der Waals surface area contributed by atoms with Crippen molar-refractivity contribution in [2.24, 2.45) is 17.8 Å². The Labute approximate surface area is 135 Å². The smallest absolute Gasteiger partial charge is 0.185 e. The van der Waals surface area contributed by atoms with Crippen LogP contribution in [0.1, 0.15) is 66.2 Å². The minimum Gasteiger partial charge on any atom is -0.457 e. The summed E-state index contributed by atoms with van der Waals surface area (Å²) >= 11 is 0. The number of rotatable bonds is 7. The highest BCUT2D eigenvalue weighted by Crippen LogP contribution is 2.69. The molecule has 0 aliphatic heterocycles. The van der Waals surface area contributed by atoms with Crippen LogP contribution in [0.4, 0.5) is 0 Å². The first-order chi connectivity index (χ1) is 10.1. The van der Waals surface area contributed by atoms with Gasteiger partial charge in [0.05, 0.1) is 0 Å². The maximum absolute atomic E-state index is 7.20. The topological polar surface area (TPSA) is 9.23 Å². The first-order valence-corrected chi connectivity index (χ1v) is 14.2. The minimum absolute atomic E-state index is 0.695. The molecule has 0 aromatic heterocycles. The van der Waals surface area contributed by atoms with E-state index in [1.807, 2.05) is 0 Å². The maximum Gasteiger partial charge on any atom is 0.185 e. The van der Waals surface area contributed by atoms with E-state index in [1.165, 1.54) is 24.2 Å². The Morgan fingerprint density at radius 2 is 1.29 bits per heavy atom. The van der Waals surface area contributed by atoms with Gasteiger partial charge in [-0.15, -0.1) is 0 Å². The lowest BCUT2D eigenvalue weighted by molar-refractivity contribution is 0.0185. The third kappa shape index (κ3) is 2.61. The predicted molar refractivity (Wildman–Crippen MR) is 96.8 cm³/mol. The van der Waals surface area contributed by atoms with Gasteiger partial charge < -0.3 is 4.12 Å². The van der Waals surface area contributed by atoms with Crippen molar-refractivity contribution in [1.82, 2.24) is 0 Å². The Bertz CT molecular complexity index is 325. The van der Waals surface area contributed by atoms with Crippen LogP contribution in [0.25, 0.3) is 0 Å². The van der Waals surface area contributed by atoms with Gasteiger partial charge in [-0.05, 0) is 85.5 Å². The average molecular weight is 325 g/mol. The molecule has 4 bridgehead atoms. The molecule has 122 valence electrons. The predicted octanol–water partition coefficient (Wildman–Crippen LogP) is 5.72. The van der Waals surface area contributed by atoms with Gasteiger partial charge in [0.25, 0.3) is 0 Å². The zero-order chi connectivity index (χ0) is 15.1. The lowest BCUT2D eigenvalue weighted by atomic mass is 9.56. The first kappa shape index (κ1) is 16.3. The van der Waals surface area contributed by atoms with Gasteiger partial charge in [-0.3, -0.25) is 0 Å². The Hall–Kier alpha value is 0.394. The summed E-state index contributed by atoms with van der Waals surface area (Å²) < 4.78 is 7.20. The van der Waals surface area contributed by atoms with Crippen molar-refractivity contribution < 1.29 is 4.12 Å². The second-order valence-corrected chi connectivity index (χ2v) is 16.7. The summed E-state index contributed by atoms with van der Waals surface area (Å²) in [4.78, 5) is 0. The van der Waals surface area contributed by atoms with Gasteiger partial charge in [0.2, 0.25) is 0 Å². The SMILES string of the molecule is CC[SiH](CC)O[Si](CC)(CC)C12CC3CC(CC(C3)C1)C2.